The summed E-state index contributed by atoms with van der Waals surface area (Å²) in [5.41, 5.74) is 0.211. The van der Waals surface area contributed by atoms with E-state index in [0.29, 0.717) is 19.6 Å². The van der Waals surface area contributed by atoms with Crippen molar-refractivity contribution >= 4 is 5.91 Å². The van der Waals surface area contributed by atoms with Crippen LogP contribution in [0.25, 0.3) is 0 Å². The minimum atomic E-state index is -0.0184. The molecule has 0 aromatic heterocycles. The summed E-state index contributed by atoms with van der Waals surface area (Å²) in [5, 5.41) is 3.11. The van der Waals surface area contributed by atoms with Crippen molar-refractivity contribution in [3.05, 3.63) is 0 Å². The third-order valence-electron chi connectivity index (χ3n) is 6.21. The monoisotopic (exact) mass is 425 g/mol. The quantitative estimate of drug-likeness (QED) is 0.189. The number of carbonyl (C=O) groups is 1. The van der Waals surface area contributed by atoms with Gasteiger partial charge in [-0.25, -0.2) is 0 Å². The normalized spacial score (nSPS) is 12.3. The molecule has 180 valence electrons. The first kappa shape index (κ1) is 29.4. The summed E-state index contributed by atoms with van der Waals surface area (Å²) >= 11 is 0. The molecule has 0 aliphatic rings. The molecule has 0 unspecified atom stereocenters. The fourth-order valence-electron chi connectivity index (χ4n) is 3.49. The van der Waals surface area contributed by atoms with E-state index in [-0.39, 0.29) is 16.7 Å². The molecule has 0 heterocycles. The molecule has 3 heteroatoms. The van der Waals surface area contributed by atoms with Crippen molar-refractivity contribution in [1.82, 2.24) is 5.32 Å². The molecule has 0 saturated heterocycles. The average Bonchev–Trinajstić information content (AvgIpc) is 2.69. The molecule has 0 aromatic rings. The Labute approximate surface area is 189 Å². The third-order valence-corrected chi connectivity index (χ3v) is 6.21. The fourth-order valence-corrected chi connectivity index (χ4v) is 3.49. The molecule has 0 saturated carbocycles. The fraction of sp³-hybridized carbons (Fsp3) is 0.963. The smallest absolute Gasteiger partial charge is 0.220 e. The maximum Gasteiger partial charge on any atom is 0.220 e. The molecular weight excluding hydrogens is 370 g/mol. The Kier molecular flexibility index (Phi) is 17.7. The van der Waals surface area contributed by atoms with Crippen molar-refractivity contribution in [3.63, 3.8) is 0 Å². The van der Waals surface area contributed by atoms with Crippen LogP contribution in [0.4, 0.5) is 0 Å². The standard InChI is InChI=1S/C27H55NO2/c1-7-9-10-11-12-13-14-15-16-17-18-19-20-21-25(29)28-22-27(5,6)24-30-23-26(3,4)8-2/h7-24H2,1-6H3,(H,28,29). The number of hydrogen-bond donors (Lipinski definition) is 1. The van der Waals surface area contributed by atoms with Crippen molar-refractivity contribution in [2.75, 3.05) is 19.8 Å². The number of ether oxygens (including phenoxy) is 1. The van der Waals surface area contributed by atoms with E-state index in [9.17, 15) is 4.79 Å². The van der Waals surface area contributed by atoms with Crippen LogP contribution in [-0.2, 0) is 9.53 Å². The van der Waals surface area contributed by atoms with Crippen molar-refractivity contribution in [3.8, 4) is 0 Å². The Balaban J connectivity index is 3.52. The predicted octanol–water partition coefficient (Wildman–Crippen LogP) is 8.06. The molecule has 0 atom stereocenters. The Morgan fingerprint density at radius 2 is 1.10 bits per heavy atom. The summed E-state index contributed by atoms with van der Waals surface area (Å²) in [7, 11) is 0. The van der Waals surface area contributed by atoms with E-state index in [1.54, 1.807) is 0 Å². The van der Waals surface area contributed by atoms with Gasteiger partial charge in [0.25, 0.3) is 0 Å². The Morgan fingerprint density at radius 1 is 0.667 bits per heavy atom. The van der Waals surface area contributed by atoms with Gasteiger partial charge in [-0.15, -0.1) is 0 Å². The van der Waals surface area contributed by atoms with Crippen molar-refractivity contribution in [2.45, 2.75) is 138 Å². The lowest BCUT2D eigenvalue weighted by molar-refractivity contribution is -0.121. The highest BCUT2D eigenvalue weighted by Gasteiger charge is 2.22. The van der Waals surface area contributed by atoms with E-state index in [1.165, 1.54) is 77.0 Å². The van der Waals surface area contributed by atoms with Gasteiger partial charge >= 0.3 is 0 Å². The summed E-state index contributed by atoms with van der Waals surface area (Å²) in [5.74, 6) is 0.194. The van der Waals surface area contributed by atoms with Crippen LogP contribution in [0.5, 0.6) is 0 Å². The first-order valence-corrected chi connectivity index (χ1v) is 13.1. The molecule has 0 radical (unpaired) electrons. The predicted molar refractivity (Wildman–Crippen MR) is 132 cm³/mol. The summed E-state index contributed by atoms with van der Waals surface area (Å²) in [4.78, 5) is 12.1. The lowest BCUT2D eigenvalue weighted by Crippen LogP contribution is -2.37. The number of carbonyl (C=O) groups excluding carboxylic acids is 1. The highest BCUT2D eigenvalue weighted by atomic mass is 16.5. The summed E-state index contributed by atoms with van der Waals surface area (Å²) in [6.07, 6.45) is 19.2. The molecule has 1 amide bonds. The van der Waals surface area contributed by atoms with Crippen LogP contribution in [0.3, 0.4) is 0 Å². The molecule has 0 spiro atoms. The zero-order chi connectivity index (χ0) is 22.7. The number of hydrogen-bond acceptors (Lipinski definition) is 2. The van der Waals surface area contributed by atoms with Crippen LogP contribution in [-0.4, -0.2) is 25.7 Å². The highest BCUT2D eigenvalue weighted by molar-refractivity contribution is 5.75. The van der Waals surface area contributed by atoms with E-state index in [4.69, 9.17) is 4.74 Å². The number of unbranched alkanes of at least 4 members (excludes halogenated alkanes) is 12. The van der Waals surface area contributed by atoms with Crippen LogP contribution in [0.15, 0.2) is 0 Å². The Hall–Kier alpha value is -0.570. The number of amides is 1. The van der Waals surface area contributed by atoms with Gasteiger partial charge in [-0.05, 0) is 18.3 Å². The minimum absolute atomic E-state index is 0.0184. The van der Waals surface area contributed by atoms with Crippen molar-refractivity contribution in [2.24, 2.45) is 10.8 Å². The van der Waals surface area contributed by atoms with E-state index in [0.717, 1.165) is 19.4 Å². The van der Waals surface area contributed by atoms with Crippen LogP contribution in [0.2, 0.25) is 0 Å². The minimum Gasteiger partial charge on any atom is -0.380 e. The largest absolute Gasteiger partial charge is 0.380 e. The molecular formula is C27H55NO2. The highest BCUT2D eigenvalue weighted by Crippen LogP contribution is 2.22. The molecule has 0 aliphatic heterocycles. The lowest BCUT2D eigenvalue weighted by atomic mass is 9.91. The van der Waals surface area contributed by atoms with Crippen molar-refractivity contribution < 1.29 is 9.53 Å². The molecule has 3 nitrogen and oxygen atoms in total. The first-order valence-electron chi connectivity index (χ1n) is 13.1. The van der Waals surface area contributed by atoms with E-state index in [2.05, 4.69) is 46.9 Å². The Bertz CT molecular complexity index is 404. The van der Waals surface area contributed by atoms with Gasteiger partial charge in [0, 0.05) is 18.4 Å². The summed E-state index contributed by atoms with van der Waals surface area (Å²) < 4.78 is 5.92. The van der Waals surface area contributed by atoms with Gasteiger partial charge in [-0.1, -0.05) is 119 Å². The van der Waals surface area contributed by atoms with Gasteiger partial charge in [-0.3, -0.25) is 4.79 Å². The molecule has 30 heavy (non-hydrogen) atoms. The second-order valence-corrected chi connectivity index (χ2v) is 10.9. The van der Waals surface area contributed by atoms with Gasteiger partial charge < -0.3 is 10.1 Å². The van der Waals surface area contributed by atoms with Gasteiger partial charge in [0.2, 0.25) is 5.91 Å². The summed E-state index contributed by atoms with van der Waals surface area (Å²) in [6.45, 7) is 15.4. The number of nitrogens with one attached hydrogen (secondary N) is 1. The zero-order valence-electron chi connectivity index (χ0n) is 21.5. The van der Waals surface area contributed by atoms with Gasteiger partial charge in [0.15, 0.2) is 0 Å². The maximum absolute atomic E-state index is 12.1. The topological polar surface area (TPSA) is 38.3 Å². The summed E-state index contributed by atoms with van der Waals surface area (Å²) in [6, 6.07) is 0. The van der Waals surface area contributed by atoms with Crippen LogP contribution < -0.4 is 5.32 Å². The van der Waals surface area contributed by atoms with Gasteiger partial charge in [0.05, 0.1) is 13.2 Å². The number of rotatable bonds is 21. The molecule has 1 N–H and O–H groups in total. The zero-order valence-corrected chi connectivity index (χ0v) is 21.5. The van der Waals surface area contributed by atoms with Crippen molar-refractivity contribution in [1.29, 1.82) is 0 Å². The molecule has 0 bridgehead atoms. The Morgan fingerprint density at radius 3 is 1.57 bits per heavy atom. The van der Waals surface area contributed by atoms with E-state index in [1.807, 2.05) is 0 Å². The average molecular weight is 426 g/mol. The van der Waals surface area contributed by atoms with Gasteiger partial charge in [0.1, 0.15) is 0 Å². The molecule has 0 aromatic carbocycles. The molecule has 0 rings (SSSR count). The third kappa shape index (κ3) is 19.4. The van der Waals surface area contributed by atoms with Crippen LogP contribution in [0, 0.1) is 10.8 Å². The first-order chi connectivity index (χ1) is 14.2. The second-order valence-electron chi connectivity index (χ2n) is 10.9. The van der Waals surface area contributed by atoms with Crippen LogP contribution in [0.1, 0.15) is 138 Å². The SMILES string of the molecule is CCCCCCCCCCCCCCCC(=O)NCC(C)(C)COCC(C)(C)CC. The lowest BCUT2D eigenvalue weighted by Gasteiger charge is -2.28. The molecule has 0 fully saturated rings. The van der Waals surface area contributed by atoms with Crippen LogP contribution >= 0.6 is 0 Å². The second kappa shape index (κ2) is 18.0. The van der Waals surface area contributed by atoms with E-state index >= 15 is 0 Å². The van der Waals surface area contributed by atoms with Gasteiger partial charge in [-0.2, -0.15) is 0 Å². The maximum atomic E-state index is 12.1. The van der Waals surface area contributed by atoms with E-state index < -0.39 is 0 Å². The molecule has 0 aliphatic carbocycles.